The molecule has 0 aromatic rings. The molecule has 0 bridgehead atoms. The van der Waals surface area contributed by atoms with Crippen molar-refractivity contribution in [2.24, 2.45) is 5.92 Å². The molecule has 1 fully saturated rings. The number of ether oxygens (including phenoxy) is 1. The molecule has 4 atom stereocenters. The lowest BCUT2D eigenvalue weighted by Gasteiger charge is -2.18. The number of hydrogen-bond donors (Lipinski definition) is 2. The number of aliphatic hydroxyl groups excluding tert-OH is 2. The Labute approximate surface area is 83.6 Å². The van der Waals surface area contributed by atoms with E-state index in [0.29, 0.717) is 0 Å². The minimum atomic E-state index is -4.54. The number of rotatable bonds is 2. The fourth-order valence-electron chi connectivity index (χ4n) is 1.50. The maximum absolute atomic E-state index is 12.0. The Kier molecular flexibility index (Phi) is 3.25. The molecule has 1 aliphatic rings. The molecule has 0 radical (unpaired) electrons. The zero-order valence-electron chi connectivity index (χ0n) is 7.86. The third-order valence-corrected chi connectivity index (χ3v) is 2.23. The van der Waals surface area contributed by atoms with E-state index in [9.17, 15) is 23.1 Å². The molecule has 88 valence electrons. The first-order valence-corrected chi connectivity index (χ1v) is 4.36. The molecule has 0 aromatic heterocycles. The van der Waals surface area contributed by atoms with Crippen LogP contribution in [0.2, 0.25) is 0 Å². The first-order valence-electron chi connectivity index (χ1n) is 4.36. The molecule has 1 aliphatic heterocycles. The first-order chi connectivity index (χ1) is 6.72. The van der Waals surface area contributed by atoms with E-state index in [2.05, 4.69) is 4.74 Å². The number of carbonyl (C=O) groups is 1. The average molecular weight is 228 g/mol. The fraction of sp³-hybridized carbons (Fsp3) is 0.875. The number of esters is 1. The van der Waals surface area contributed by atoms with E-state index in [1.807, 2.05) is 0 Å². The molecular formula is C8H11F3O4. The summed E-state index contributed by atoms with van der Waals surface area (Å²) in [6.07, 6.45) is -10.1. The van der Waals surface area contributed by atoms with E-state index in [1.165, 1.54) is 6.92 Å². The lowest BCUT2D eigenvalue weighted by molar-refractivity contribution is -0.162. The normalized spacial score (nSPS) is 34.0. The Morgan fingerprint density at radius 2 is 2.07 bits per heavy atom. The Hall–Kier alpha value is -0.820. The molecule has 0 saturated carbocycles. The van der Waals surface area contributed by atoms with E-state index in [-0.39, 0.29) is 0 Å². The van der Waals surface area contributed by atoms with Crippen LogP contribution in [0.1, 0.15) is 13.3 Å². The van der Waals surface area contributed by atoms with Gasteiger partial charge in [-0.05, 0) is 6.92 Å². The van der Waals surface area contributed by atoms with E-state index >= 15 is 0 Å². The quantitative estimate of drug-likeness (QED) is 0.663. The highest BCUT2D eigenvalue weighted by atomic mass is 19.4. The van der Waals surface area contributed by atoms with E-state index in [4.69, 9.17) is 5.11 Å². The second-order valence-corrected chi connectivity index (χ2v) is 3.56. The van der Waals surface area contributed by atoms with Gasteiger partial charge in [-0.25, -0.2) is 0 Å². The molecule has 0 aliphatic carbocycles. The smallest absolute Gasteiger partial charge is 0.390 e. The van der Waals surface area contributed by atoms with Crippen molar-refractivity contribution in [2.45, 2.75) is 37.8 Å². The zero-order chi connectivity index (χ0) is 11.8. The molecule has 15 heavy (non-hydrogen) atoms. The molecule has 0 unspecified atom stereocenters. The molecule has 0 spiro atoms. The number of carbonyl (C=O) groups excluding carboxylic acids is 1. The topological polar surface area (TPSA) is 66.8 Å². The highest BCUT2D eigenvalue weighted by molar-refractivity contribution is 5.75. The summed E-state index contributed by atoms with van der Waals surface area (Å²) in [5, 5.41) is 18.4. The van der Waals surface area contributed by atoms with E-state index in [0.717, 1.165) is 0 Å². The van der Waals surface area contributed by atoms with E-state index in [1.54, 1.807) is 0 Å². The van der Waals surface area contributed by atoms with Crippen LogP contribution in [-0.2, 0) is 9.53 Å². The highest BCUT2D eigenvalue weighted by Crippen LogP contribution is 2.33. The molecule has 7 heteroatoms. The molecule has 1 heterocycles. The first kappa shape index (κ1) is 12.3. The molecule has 4 nitrogen and oxygen atoms in total. The number of aliphatic hydroxyl groups is 2. The van der Waals surface area contributed by atoms with Crippen LogP contribution in [0, 0.1) is 5.92 Å². The van der Waals surface area contributed by atoms with Crippen LogP contribution < -0.4 is 0 Å². The minimum absolute atomic E-state index is 1.12. The minimum Gasteiger partial charge on any atom is -0.457 e. The van der Waals surface area contributed by atoms with Gasteiger partial charge >= 0.3 is 12.1 Å². The number of hydrogen-bond acceptors (Lipinski definition) is 4. The highest BCUT2D eigenvalue weighted by Gasteiger charge is 2.50. The van der Waals surface area contributed by atoms with Crippen molar-refractivity contribution in [1.29, 1.82) is 0 Å². The maximum atomic E-state index is 12.0. The van der Waals surface area contributed by atoms with Crippen LogP contribution in [0.25, 0.3) is 0 Å². The van der Waals surface area contributed by atoms with Crippen molar-refractivity contribution in [3.05, 3.63) is 0 Å². The third-order valence-electron chi connectivity index (χ3n) is 2.23. The SMILES string of the molecule is C[C@H](O)[C@H]1OC(=O)[C@@H](CC(F)(F)F)[C@@H]1O. The van der Waals surface area contributed by atoms with Crippen LogP contribution in [0.15, 0.2) is 0 Å². The van der Waals surface area contributed by atoms with Crippen molar-refractivity contribution in [3.8, 4) is 0 Å². The Bertz CT molecular complexity index is 251. The maximum Gasteiger partial charge on any atom is 0.390 e. The predicted octanol–water partition coefficient (Wildman–Crippen LogP) is 0.222. The van der Waals surface area contributed by atoms with Crippen molar-refractivity contribution < 1.29 is 32.9 Å². The van der Waals surface area contributed by atoms with Crippen LogP contribution in [0.4, 0.5) is 13.2 Å². The fourth-order valence-corrected chi connectivity index (χ4v) is 1.50. The number of halogens is 3. The zero-order valence-corrected chi connectivity index (χ0v) is 7.86. The predicted molar refractivity (Wildman–Crippen MR) is 41.7 cm³/mol. The third kappa shape index (κ3) is 2.82. The van der Waals surface area contributed by atoms with Crippen LogP contribution in [0.3, 0.4) is 0 Å². The summed E-state index contributed by atoms with van der Waals surface area (Å²) in [5.74, 6) is -2.75. The van der Waals surface area contributed by atoms with Crippen molar-refractivity contribution in [1.82, 2.24) is 0 Å². The van der Waals surface area contributed by atoms with Crippen molar-refractivity contribution in [3.63, 3.8) is 0 Å². The summed E-state index contributed by atoms with van der Waals surface area (Å²) in [7, 11) is 0. The molecule has 1 saturated heterocycles. The van der Waals surface area contributed by atoms with Gasteiger partial charge in [0.2, 0.25) is 0 Å². The monoisotopic (exact) mass is 228 g/mol. The summed E-state index contributed by atoms with van der Waals surface area (Å²) < 4.78 is 40.5. The molecular weight excluding hydrogens is 217 g/mol. The van der Waals surface area contributed by atoms with Gasteiger partial charge in [-0.15, -0.1) is 0 Å². The summed E-state index contributed by atoms with van der Waals surface area (Å²) >= 11 is 0. The van der Waals surface area contributed by atoms with Gasteiger partial charge in [0.1, 0.15) is 6.10 Å². The van der Waals surface area contributed by atoms with Gasteiger partial charge < -0.3 is 14.9 Å². The van der Waals surface area contributed by atoms with Crippen LogP contribution in [-0.4, -0.2) is 40.7 Å². The number of cyclic esters (lactones) is 1. The van der Waals surface area contributed by atoms with Gasteiger partial charge in [-0.2, -0.15) is 13.2 Å². The summed E-state index contributed by atoms with van der Waals surface area (Å²) in [4.78, 5) is 11.0. The average Bonchev–Trinajstić information content (AvgIpc) is 2.29. The second kappa shape index (κ2) is 3.97. The van der Waals surface area contributed by atoms with Gasteiger partial charge in [0, 0.05) is 0 Å². The Morgan fingerprint density at radius 1 is 1.53 bits per heavy atom. The molecule has 0 amide bonds. The van der Waals surface area contributed by atoms with E-state index < -0.39 is 42.8 Å². The van der Waals surface area contributed by atoms with Gasteiger partial charge in [0.05, 0.1) is 18.4 Å². The summed E-state index contributed by atoms with van der Waals surface area (Å²) in [5.41, 5.74) is 0. The van der Waals surface area contributed by atoms with Gasteiger partial charge in [-0.3, -0.25) is 4.79 Å². The Balaban J connectivity index is 2.71. The second-order valence-electron chi connectivity index (χ2n) is 3.56. The van der Waals surface area contributed by atoms with Crippen LogP contribution in [0.5, 0.6) is 0 Å². The Morgan fingerprint density at radius 3 is 2.40 bits per heavy atom. The molecule has 1 rings (SSSR count). The standard InChI is InChI=1S/C8H11F3O4/c1-3(12)6-5(13)4(7(14)15-6)2-8(9,10)11/h3-6,12-13H,2H2,1H3/t3-,4-,5-,6+/m0/s1. The molecule has 2 N–H and O–H groups in total. The lowest BCUT2D eigenvalue weighted by Crippen LogP contribution is -2.36. The largest absolute Gasteiger partial charge is 0.457 e. The lowest BCUT2D eigenvalue weighted by atomic mass is 9.95. The van der Waals surface area contributed by atoms with Gasteiger partial charge in [-0.1, -0.05) is 0 Å². The van der Waals surface area contributed by atoms with Crippen molar-refractivity contribution >= 4 is 5.97 Å². The van der Waals surface area contributed by atoms with Gasteiger partial charge in [0.15, 0.2) is 6.10 Å². The van der Waals surface area contributed by atoms with Crippen LogP contribution >= 0.6 is 0 Å². The summed E-state index contributed by atoms with van der Waals surface area (Å²) in [6, 6.07) is 0. The van der Waals surface area contributed by atoms with Crippen molar-refractivity contribution in [2.75, 3.05) is 0 Å². The molecule has 0 aromatic carbocycles. The number of alkyl halides is 3. The summed E-state index contributed by atoms with van der Waals surface area (Å²) in [6.45, 7) is 1.23. The van der Waals surface area contributed by atoms with Gasteiger partial charge in [0.25, 0.3) is 0 Å².